The van der Waals surface area contributed by atoms with E-state index in [1.54, 1.807) is 17.0 Å². The second-order valence-corrected chi connectivity index (χ2v) is 6.88. The van der Waals surface area contributed by atoms with Gasteiger partial charge in [0.25, 0.3) is 5.91 Å². The van der Waals surface area contributed by atoms with Gasteiger partial charge in [-0.2, -0.15) is 0 Å². The molecule has 3 rings (SSSR count). The summed E-state index contributed by atoms with van der Waals surface area (Å²) in [4.78, 5) is 13.7. The zero-order valence-electron chi connectivity index (χ0n) is 14.2. The average molecular weight is 360 g/mol. The van der Waals surface area contributed by atoms with Crippen molar-refractivity contribution >= 4 is 17.5 Å². The summed E-state index contributed by atoms with van der Waals surface area (Å²) in [6, 6.07) is 18.0. The molecule has 1 saturated heterocycles. The maximum Gasteiger partial charge on any atom is 0.258 e. The molecule has 5 heteroatoms. The summed E-state index contributed by atoms with van der Waals surface area (Å²) < 4.78 is 5.49. The predicted molar refractivity (Wildman–Crippen MR) is 99.0 cm³/mol. The van der Waals surface area contributed by atoms with Crippen molar-refractivity contribution in [2.75, 3.05) is 19.7 Å². The second-order valence-electron chi connectivity index (χ2n) is 6.47. The Morgan fingerprint density at radius 2 is 1.76 bits per heavy atom. The van der Waals surface area contributed by atoms with Gasteiger partial charge in [-0.25, -0.2) is 0 Å². The summed E-state index contributed by atoms with van der Waals surface area (Å²) in [5.41, 5.74) is 1.37. The minimum atomic E-state index is -0.0866. The molecule has 132 valence electrons. The minimum Gasteiger partial charge on any atom is -0.482 e. The summed E-state index contributed by atoms with van der Waals surface area (Å²) in [5.74, 6) is 0.456. The van der Waals surface area contributed by atoms with Crippen molar-refractivity contribution in [3.63, 3.8) is 0 Å². The van der Waals surface area contributed by atoms with Crippen LogP contribution in [0.4, 0.5) is 0 Å². The fourth-order valence-electron chi connectivity index (χ4n) is 3.21. The Bertz CT molecular complexity index is 685. The Morgan fingerprint density at radius 3 is 2.48 bits per heavy atom. The minimum absolute atomic E-state index is 0.000814. The van der Waals surface area contributed by atoms with E-state index in [0.29, 0.717) is 10.8 Å². The number of hydrogen-bond donors (Lipinski definition) is 2. The molecule has 2 N–H and O–H groups in total. The maximum atomic E-state index is 12.1. The lowest BCUT2D eigenvalue weighted by Crippen LogP contribution is -3.12. The number of rotatable bonds is 6. The summed E-state index contributed by atoms with van der Waals surface area (Å²) >= 11 is 6.02. The van der Waals surface area contributed by atoms with Crippen molar-refractivity contribution in [3.8, 4) is 5.75 Å². The van der Waals surface area contributed by atoms with Crippen LogP contribution in [0.5, 0.6) is 5.75 Å². The van der Waals surface area contributed by atoms with E-state index in [0.717, 1.165) is 32.5 Å². The van der Waals surface area contributed by atoms with Gasteiger partial charge in [0.05, 0.1) is 18.1 Å². The highest BCUT2D eigenvalue weighted by molar-refractivity contribution is 6.32. The third-order valence-electron chi connectivity index (χ3n) is 4.55. The van der Waals surface area contributed by atoms with E-state index < -0.39 is 0 Å². The van der Waals surface area contributed by atoms with Crippen molar-refractivity contribution in [1.82, 2.24) is 5.32 Å². The number of likely N-dealkylation sites (tertiary alicyclic amines) is 1. The Labute approximate surface area is 153 Å². The molecular weight excluding hydrogens is 336 g/mol. The van der Waals surface area contributed by atoms with Gasteiger partial charge in [-0.3, -0.25) is 4.79 Å². The van der Waals surface area contributed by atoms with Gasteiger partial charge >= 0.3 is 0 Å². The number of amides is 1. The lowest BCUT2D eigenvalue weighted by molar-refractivity contribution is -0.918. The molecule has 1 heterocycles. The first kappa shape index (κ1) is 17.8. The molecule has 0 unspecified atom stereocenters. The second kappa shape index (κ2) is 8.88. The van der Waals surface area contributed by atoms with Crippen LogP contribution >= 0.6 is 11.6 Å². The fraction of sp³-hybridized carbons (Fsp3) is 0.350. The molecule has 25 heavy (non-hydrogen) atoms. The van der Waals surface area contributed by atoms with Crippen molar-refractivity contribution in [2.45, 2.75) is 25.4 Å². The topological polar surface area (TPSA) is 42.8 Å². The van der Waals surface area contributed by atoms with E-state index >= 15 is 0 Å². The number of quaternary nitrogens is 1. The first-order valence-corrected chi connectivity index (χ1v) is 9.12. The van der Waals surface area contributed by atoms with E-state index in [4.69, 9.17) is 16.3 Å². The third-order valence-corrected chi connectivity index (χ3v) is 4.86. The standard InChI is InChI=1S/C20H23ClN2O2/c21-18-8-4-5-9-19(18)25-15-20(24)22-17-10-12-23(13-11-17)14-16-6-2-1-3-7-16/h1-9,17H,10-15H2,(H,22,24)/p+1. The van der Waals surface area contributed by atoms with E-state index in [-0.39, 0.29) is 18.6 Å². The first-order chi connectivity index (χ1) is 12.2. The quantitative estimate of drug-likeness (QED) is 0.829. The maximum absolute atomic E-state index is 12.1. The highest BCUT2D eigenvalue weighted by atomic mass is 35.5. The smallest absolute Gasteiger partial charge is 0.258 e. The fourth-order valence-corrected chi connectivity index (χ4v) is 3.40. The van der Waals surface area contributed by atoms with Gasteiger partial charge in [0.15, 0.2) is 6.61 Å². The van der Waals surface area contributed by atoms with E-state index in [2.05, 4.69) is 29.6 Å². The molecule has 2 aromatic rings. The van der Waals surface area contributed by atoms with Crippen LogP contribution in [0.2, 0.25) is 5.02 Å². The number of piperidine rings is 1. The number of hydrogen-bond acceptors (Lipinski definition) is 2. The van der Waals surface area contributed by atoms with E-state index in [1.807, 2.05) is 18.2 Å². The van der Waals surface area contributed by atoms with Crippen molar-refractivity contribution in [2.24, 2.45) is 0 Å². The van der Waals surface area contributed by atoms with Gasteiger partial charge in [-0.1, -0.05) is 54.1 Å². The number of benzene rings is 2. The molecule has 0 spiro atoms. The summed E-state index contributed by atoms with van der Waals surface area (Å²) in [7, 11) is 0. The molecule has 1 aliphatic rings. The van der Waals surface area contributed by atoms with Gasteiger partial charge in [0.2, 0.25) is 0 Å². The zero-order chi connectivity index (χ0) is 17.5. The number of halogens is 1. The number of carbonyl (C=O) groups is 1. The third kappa shape index (κ3) is 5.48. The average Bonchev–Trinajstić information content (AvgIpc) is 2.64. The lowest BCUT2D eigenvalue weighted by Gasteiger charge is -2.29. The van der Waals surface area contributed by atoms with E-state index in [9.17, 15) is 4.79 Å². The van der Waals surface area contributed by atoms with Crippen LogP contribution in [0.1, 0.15) is 18.4 Å². The van der Waals surface area contributed by atoms with Gasteiger partial charge in [0, 0.05) is 24.4 Å². The van der Waals surface area contributed by atoms with Crippen LogP contribution in [0.25, 0.3) is 0 Å². The monoisotopic (exact) mass is 359 g/mol. The SMILES string of the molecule is O=C(COc1ccccc1Cl)NC1CC[NH+](Cc2ccccc2)CC1. The Balaban J connectivity index is 1.38. The normalized spacial score (nSPS) is 20.0. The Hall–Kier alpha value is -2.04. The van der Waals surface area contributed by atoms with Gasteiger partial charge in [-0.15, -0.1) is 0 Å². The molecular formula is C20H24ClN2O2+. The largest absolute Gasteiger partial charge is 0.482 e. The Morgan fingerprint density at radius 1 is 1.08 bits per heavy atom. The Kier molecular flexibility index (Phi) is 6.31. The molecule has 0 saturated carbocycles. The van der Waals surface area contributed by atoms with Crippen LogP contribution in [-0.4, -0.2) is 31.6 Å². The van der Waals surface area contributed by atoms with Crippen molar-refractivity contribution in [3.05, 3.63) is 65.2 Å². The zero-order valence-corrected chi connectivity index (χ0v) is 15.0. The van der Waals surface area contributed by atoms with Crippen LogP contribution < -0.4 is 15.0 Å². The van der Waals surface area contributed by atoms with E-state index in [1.165, 1.54) is 5.56 Å². The lowest BCUT2D eigenvalue weighted by atomic mass is 10.0. The van der Waals surface area contributed by atoms with Gasteiger partial charge in [-0.05, 0) is 12.1 Å². The number of carbonyl (C=O) groups excluding carboxylic acids is 1. The van der Waals surface area contributed by atoms with Crippen LogP contribution in [0, 0.1) is 0 Å². The van der Waals surface area contributed by atoms with Gasteiger partial charge in [0.1, 0.15) is 12.3 Å². The predicted octanol–water partition coefficient (Wildman–Crippen LogP) is 2.08. The molecule has 0 bridgehead atoms. The van der Waals surface area contributed by atoms with Crippen LogP contribution in [0.3, 0.4) is 0 Å². The molecule has 1 amide bonds. The number of nitrogens with one attached hydrogen (secondary N) is 2. The molecule has 4 nitrogen and oxygen atoms in total. The summed E-state index contributed by atoms with van der Waals surface area (Å²) in [5, 5.41) is 3.59. The molecule has 0 aliphatic carbocycles. The van der Waals surface area contributed by atoms with Crippen LogP contribution in [0.15, 0.2) is 54.6 Å². The summed E-state index contributed by atoms with van der Waals surface area (Å²) in [6.07, 6.45) is 2.00. The molecule has 2 aromatic carbocycles. The molecule has 0 aromatic heterocycles. The highest BCUT2D eigenvalue weighted by Crippen LogP contribution is 2.22. The van der Waals surface area contributed by atoms with Gasteiger partial charge < -0.3 is 15.0 Å². The molecule has 1 fully saturated rings. The molecule has 1 aliphatic heterocycles. The molecule has 0 radical (unpaired) electrons. The van der Waals surface area contributed by atoms with Crippen molar-refractivity contribution in [1.29, 1.82) is 0 Å². The number of para-hydroxylation sites is 1. The first-order valence-electron chi connectivity index (χ1n) is 8.75. The van der Waals surface area contributed by atoms with Crippen LogP contribution in [-0.2, 0) is 11.3 Å². The number of ether oxygens (including phenoxy) is 1. The summed E-state index contributed by atoms with van der Waals surface area (Å²) in [6.45, 7) is 3.20. The molecule has 0 atom stereocenters. The van der Waals surface area contributed by atoms with Crippen molar-refractivity contribution < 1.29 is 14.4 Å². The highest BCUT2D eigenvalue weighted by Gasteiger charge is 2.23.